The van der Waals surface area contributed by atoms with E-state index in [1.807, 2.05) is 42.2 Å². The van der Waals surface area contributed by atoms with Crippen molar-refractivity contribution in [3.63, 3.8) is 0 Å². The van der Waals surface area contributed by atoms with Crippen LogP contribution in [0.4, 0.5) is 5.69 Å². The van der Waals surface area contributed by atoms with Crippen molar-refractivity contribution in [1.29, 1.82) is 0 Å². The molecule has 5 nitrogen and oxygen atoms in total. The van der Waals surface area contributed by atoms with Crippen LogP contribution in [0, 0.1) is 0 Å². The summed E-state index contributed by atoms with van der Waals surface area (Å²) in [7, 11) is 0. The number of ether oxygens (including phenoxy) is 2. The molecule has 0 aromatic heterocycles. The first-order valence-electron chi connectivity index (χ1n) is 10.3. The molecule has 2 aromatic carbocycles. The van der Waals surface area contributed by atoms with Crippen LogP contribution in [0.25, 0.3) is 0 Å². The van der Waals surface area contributed by atoms with Crippen LogP contribution in [0.5, 0.6) is 11.5 Å². The fraction of sp³-hybridized carbons (Fsp3) is 0.435. The molecule has 1 fully saturated rings. The number of hydrogen-bond acceptors (Lipinski definition) is 4. The second kappa shape index (κ2) is 10.4. The van der Waals surface area contributed by atoms with Crippen molar-refractivity contribution in [3.05, 3.63) is 53.1 Å². The van der Waals surface area contributed by atoms with Gasteiger partial charge in [-0.15, -0.1) is 0 Å². The molecule has 1 unspecified atom stereocenters. The van der Waals surface area contributed by atoms with Crippen LogP contribution in [-0.4, -0.2) is 43.2 Å². The Morgan fingerprint density at radius 1 is 1.21 bits per heavy atom. The van der Waals surface area contributed by atoms with Gasteiger partial charge in [0.25, 0.3) is 5.91 Å². The summed E-state index contributed by atoms with van der Waals surface area (Å²) >= 11 is 6.45. The van der Waals surface area contributed by atoms with Gasteiger partial charge in [-0.25, -0.2) is 0 Å². The van der Waals surface area contributed by atoms with Crippen LogP contribution < -0.4 is 14.8 Å². The van der Waals surface area contributed by atoms with E-state index in [1.165, 1.54) is 0 Å². The van der Waals surface area contributed by atoms with E-state index in [1.54, 1.807) is 12.1 Å². The first-order chi connectivity index (χ1) is 14.1. The minimum atomic E-state index is -0.0367. The van der Waals surface area contributed by atoms with Gasteiger partial charge < -0.3 is 19.7 Å². The lowest BCUT2D eigenvalue weighted by molar-refractivity contribution is 0.0791. The van der Waals surface area contributed by atoms with E-state index >= 15 is 0 Å². The fourth-order valence-electron chi connectivity index (χ4n) is 3.43. The molecule has 1 amide bonds. The maximum Gasteiger partial charge on any atom is 0.254 e. The van der Waals surface area contributed by atoms with Crippen LogP contribution in [0.2, 0.25) is 5.02 Å². The van der Waals surface area contributed by atoms with Gasteiger partial charge in [0.2, 0.25) is 0 Å². The molecule has 2 aromatic rings. The molecular weight excluding hydrogens is 388 g/mol. The smallest absolute Gasteiger partial charge is 0.254 e. The molecule has 1 aliphatic heterocycles. The lowest BCUT2D eigenvalue weighted by Gasteiger charge is -2.20. The summed E-state index contributed by atoms with van der Waals surface area (Å²) in [5, 5.41) is 3.90. The Morgan fingerprint density at radius 3 is 2.72 bits per heavy atom. The molecule has 1 N–H and O–H groups in total. The Hall–Kier alpha value is -2.40. The zero-order valence-electron chi connectivity index (χ0n) is 17.1. The molecule has 1 atom stereocenters. The Balaban J connectivity index is 1.70. The third-order valence-electron chi connectivity index (χ3n) is 4.92. The van der Waals surface area contributed by atoms with Gasteiger partial charge in [0, 0.05) is 30.4 Å². The van der Waals surface area contributed by atoms with Crippen molar-refractivity contribution in [2.75, 3.05) is 31.6 Å². The predicted octanol–water partition coefficient (Wildman–Crippen LogP) is 5.24. The van der Waals surface area contributed by atoms with Crippen molar-refractivity contribution in [1.82, 2.24) is 4.90 Å². The number of unbranched alkanes of at least 4 members (excludes halogenated alkanes) is 1. The van der Waals surface area contributed by atoms with Gasteiger partial charge in [0.05, 0.1) is 18.2 Å². The van der Waals surface area contributed by atoms with E-state index in [0.717, 1.165) is 24.9 Å². The molecule has 0 saturated carbocycles. The minimum Gasteiger partial charge on any atom is -0.490 e. The zero-order chi connectivity index (χ0) is 20.6. The number of para-hydroxylation sites is 1. The standard InChI is InChI=1S/C23H29ClN2O3/c1-3-5-13-29-22-20(24)14-17(15-21(22)28-4-2)23(27)26-12-11-19(16-26)25-18-9-7-6-8-10-18/h6-10,14-15,19,25H,3-5,11-13,16H2,1-2H3. The van der Waals surface area contributed by atoms with Crippen LogP contribution in [-0.2, 0) is 0 Å². The first-order valence-corrected chi connectivity index (χ1v) is 10.7. The highest BCUT2D eigenvalue weighted by Gasteiger charge is 2.28. The topological polar surface area (TPSA) is 50.8 Å². The number of carbonyl (C=O) groups excluding carboxylic acids is 1. The van der Waals surface area contributed by atoms with Crippen molar-refractivity contribution >= 4 is 23.2 Å². The summed E-state index contributed by atoms with van der Waals surface area (Å²) in [4.78, 5) is 14.9. The highest BCUT2D eigenvalue weighted by Crippen LogP contribution is 2.37. The van der Waals surface area contributed by atoms with E-state index in [9.17, 15) is 4.79 Å². The molecule has 1 saturated heterocycles. The number of amides is 1. The average Bonchev–Trinajstić information content (AvgIpc) is 3.18. The van der Waals surface area contributed by atoms with Crippen molar-refractivity contribution < 1.29 is 14.3 Å². The van der Waals surface area contributed by atoms with E-state index in [2.05, 4.69) is 12.2 Å². The lowest BCUT2D eigenvalue weighted by atomic mass is 10.1. The Kier molecular flexibility index (Phi) is 7.64. The summed E-state index contributed by atoms with van der Waals surface area (Å²) in [6.07, 6.45) is 2.88. The molecule has 156 valence electrons. The second-order valence-electron chi connectivity index (χ2n) is 7.17. The molecule has 0 radical (unpaired) electrons. The minimum absolute atomic E-state index is 0.0367. The summed E-state index contributed by atoms with van der Waals surface area (Å²) < 4.78 is 11.5. The Morgan fingerprint density at radius 2 is 2.00 bits per heavy atom. The van der Waals surface area contributed by atoms with E-state index in [0.29, 0.717) is 48.4 Å². The molecule has 3 rings (SSSR count). The number of benzene rings is 2. The van der Waals surface area contributed by atoms with Crippen molar-refractivity contribution in [2.45, 2.75) is 39.2 Å². The Labute approximate surface area is 177 Å². The lowest BCUT2D eigenvalue weighted by Crippen LogP contribution is -2.31. The third-order valence-corrected chi connectivity index (χ3v) is 5.20. The zero-order valence-corrected chi connectivity index (χ0v) is 17.9. The van der Waals surface area contributed by atoms with Crippen LogP contribution in [0.1, 0.15) is 43.5 Å². The highest BCUT2D eigenvalue weighted by atomic mass is 35.5. The SMILES string of the molecule is CCCCOc1c(Cl)cc(C(=O)N2CCC(Nc3ccccc3)C2)cc1OCC. The van der Waals surface area contributed by atoms with Gasteiger partial charge in [0.1, 0.15) is 0 Å². The van der Waals surface area contributed by atoms with Gasteiger partial charge in [-0.05, 0) is 44.0 Å². The van der Waals surface area contributed by atoms with Crippen molar-refractivity contribution in [2.24, 2.45) is 0 Å². The summed E-state index contributed by atoms with van der Waals surface area (Å²) in [5.41, 5.74) is 1.60. The summed E-state index contributed by atoms with van der Waals surface area (Å²) in [6.45, 7) is 6.42. The van der Waals surface area contributed by atoms with Gasteiger partial charge in [-0.3, -0.25) is 4.79 Å². The summed E-state index contributed by atoms with van der Waals surface area (Å²) in [5.74, 6) is 1.01. The number of nitrogens with one attached hydrogen (secondary N) is 1. The quantitative estimate of drug-likeness (QED) is 0.567. The normalized spacial score (nSPS) is 16.0. The monoisotopic (exact) mass is 416 g/mol. The van der Waals surface area contributed by atoms with Crippen LogP contribution in [0.15, 0.2) is 42.5 Å². The molecule has 29 heavy (non-hydrogen) atoms. The van der Waals surface area contributed by atoms with Crippen LogP contribution >= 0.6 is 11.6 Å². The molecule has 1 heterocycles. The van der Waals surface area contributed by atoms with Gasteiger partial charge in [-0.2, -0.15) is 0 Å². The van der Waals surface area contributed by atoms with Crippen LogP contribution in [0.3, 0.4) is 0 Å². The maximum absolute atomic E-state index is 13.1. The van der Waals surface area contributed by atoms with Gasteiger partial charge in [-0.1, -0.05) is 43.1 Å². The number of hydrogen-bond donors (Lipinski definition) is 1. The second-order valence-corrected chi connectivity index (χ2v) is 7.57. The number of carbonyl (C=O) groups is 1. The van der Waals surface area contributed by atoms with Crippen molar-refractivity contribution in [3.8, 4) is 11.5 Å². The maximum atomic E-state index is 13.1. The molecule has 1 aliphatic rings. The number of likely N-dealkylation sites (tertiary alicyclic amines) is 1. The molecule has 0 aliphatic carbocycles. The number of nitrogens with zero attached hydrogens (tertiary/aromatic N) is 1. The number of rotatable bonds is 9. The average molecular weight is 417 g/mol. The Bertz CT molecular complexity index is 813. The van der Waals surface area contributed by atoms with E-state index in [4.69, 9.17) is 21.1 Å². The number of halogens is 1. The van der Waals surface area contributed by atoms with E-state index < -0.39 is 0 Å². The molecular formula is C23H29ClN2O3. The first kappa shape index (κ1) is 21.3. The summed E-state index contributed by atoms with van der Waals surface area (Å²) in [6, 6.07) is 13.7. The van der Waals surface area contributed by atoms with E-state index in [-0.39, 0.29) is 11.9 Å². The highest BCUT2D eigenvalue weighted by molar-refractivity contribution is 6.32. The number of anilines is 1. The fourth-order valence-corrected chi connectivity index (χ4v) is 3.69. The van der Waals surface area contributed by atoms with Gasteiger partial charge in [0.15, 0.2) is 11.5 Å². The molecule has 6 heteroatoms. The van der Waals surface area contributed by atoms with Gasteiger partial charge >= 0.3 is 0 Å². The predicted molar refractivity (Wildman–Crippen MR) is 117 cm³/mol. The third kappa shape index (κ3) is 5.57. The largest absolute Gasteiger partial charge is 0.490 e. The molecule has 0 spiro atoms. The molecule has 0 bridgehead atoms.